The molecule has 0 saturated heterocycles. The molecule has 1 aliphatic heterocycles. The third kappa shape index (κ3) is 2.31. The van der Waals surface area contributed by atoms with E-state index in [4.69, 9.17) is 9.47 Å². The molecule has 0 atom stereocenters. The Labute approximate surface area is 145 Å². The molecule has 0 aromatic heterocycles. The van der Waals surface area contributed by atoms with Crippen LogP contribution in [0.15, 0.2) is 76.9 Å². The van der Waals surface area contributed by atoms with Gasteiger partial charge in [-0.3, -0.25) is 0 Å². The normalized spacial score (nSPS) is 13.8. The van der Waals surface area contributed by atoms with Gasteiger partial charge < -0.3 is 9.47 Å². The molecular weight excluding hydrogens is 312 g/mol. The Morgan fingerprint density at radius 2 is 1.36 bits per heavy atom. The lowest BCUT2D eigenvalue weighted by molar-refractivity contribution is 0.174. The third-order valence-electron chi connectivity index (χ3n) is 4.42. The summed E-state index contributed by atoms with van der Waals surface area (Å²) in [4.78, 5) is 0. The van der Waals surface area contributed by atoms with Crippen LogP contribution in [0.3, 0.4) is 0 Å². The van der Waals surface area contributed by atoms with Crippen LogP contribution in [0.1, 0.15) is 16.7 Å². The predicted molar refractivity (Wildman–Crippen MR) is 97.7 cm³/mol. The van der Waals surface area contributed by atoms with Crippen molar-refractivity contribution in [1.82, 2.24) is 0 Å². The van der Waals surface area contributed by atoms with Gasteiger partial charge >= 0.3 is 0 Å². The lowest BCUT2D eigenvalue weighted by Crippen LogP contribution is -1.97. The molecule has 0 saturated carbocycles. The maximum absolute atomic E-state index is 5.39. The Balaban J connectivity index is 1.52. The van der Waals surface area contributed by atoms with Gasteiger partial charge in [-0.2, -0.15) is 5.10 Å². The standard InChI is InChI=1S/C21H14N2O2/c1-3-7-17-15(5-1)16-6-2-4-8-18(16)21(17)23-22-12-14-9-10-19-20(11-14)25-13-24-19/h1-12H,13H2/b22-12-. The third-order valence-corrected chi connectivity index (χ3v) is 4.42. The van der Waals surface area contributed by atoms with Crippen molar-refractivity contribution in [2.45, 2.75) is 0 Å². The van der Waals surface area contributed by atoms with E-state index in [1.165, 1.54) is 11.1 Å². The van der Waals surface area contributed by atoms with E-state index in [9.17, 15) is 0 Å². The summed E-state index contributed by atoms with van der Waals surface area (Å²) < 4.78 is 10.7. The summed E-state index contributed by atoms with van der Waals surface area (Å²) >= 11 is 0. The summed E-state index contributed by atoms with van der Waals surface area (Å²) in [6.45, 7) is 0.270. The van der Waals surface area contributed by atoms with Crippen molar-refractivity contribution in [2.24, 2.45) is 10.2 Å². The summed E-state index contributed by atoms with van der Waals surface area (Å²) in [7, 11) is 0. The van der Waals surface area contributed by atoms with Crippen LogP contribution in [-0.4, -0.2) is 18.7 Å². The molecule has 2 aliphatic rings. The average Bonchev–Trinajstić information content (AvgIpc) is 3.25. The summed E-state index contributed by atoms with van der Waals surface area (Å²) in [6.07, 6.45) is 1.73. The molecule has 0 amide bonds. The number of ether oxygens (including phenoxy) is 2. The number of rotatable bonds is 2. The Hall–Kier alpha value is -3.40. The molecule has 0 radical (unpaired) electrons. The van der Waals surface area contributed by atoms with E-state index in [2.05, 4.69) is 46.6 Å². The Morgan fingerprint density at radius 1 is 0.720 bits per heavy atom. The number of fused-ring (bicyclic) bond motifs is 4. The van der Waals surface area contributed by atoms with Crippen LogP contribution in [0.2, 0.25) is 0 Å². The van der Waals surface area contributed by atoms with Crippen LogP contribution in [0.25, 0.3) is 11.1 Å². The van der Waals surface area contributed by atoms with E-state index in [1.54, 1.807) is 6.21 Å². The van der Waals surface area contributed by atoms with Crippen molar-refractivity contribution >= 4 is 11.9 Å². The van der Waals surface area contributed by atoms with E-state index in [0.717, 1.165) is 33.9 Å². The van der Waals surface area contributed by atoms with Gasteiger partial charge in [0.25, 0.3) is 0 Å². The molecule has 1 heterocycles. The summed E-state index contributed by atoms with van der Waals surface area (Å²) in [6, 6.07) is 22.3. The molecule has 4 nitrogen and oxygen atoms in total. The van der Waals surface area contributed by atoms with E-state index in [1.807, 2.05) is 30.3 Å². The zero-order chi connectivity index (χ0) is 16.6. The first kappa shape index (κ1) is 14.0. The SMILES string of the molecule is C(=N/N=C1c2ccccc2-c2ccccc21)/c1ccc2c(c1)OCO2. The molecule has 5 rings (SSSR count). The Bertz CT molecular complexity index is 990. The molecular formula is C21H14N2O2. The highest BCUT2D eigenvalue weighted by molar-refractivity contribution is 6.24. The van der Waals surface area contributed by atoms with Crippen LogP contribution in [-0.2, 0) is 0 Å². The van der Waals surface area contributed by atoms with Crippen LogP contribution in [0, 0.1) is 0 Å². The largest absolute Gasteiger partial charge is 0.454 e. The van der Waals surface area contributed by atoms with Crippen molar-refractivity contribution in [1.29, 1.82) is 0 Å². The highest BCUT2D eigenvalue weighted by Crippen LogP contribution is 2.36. The van der Waals surface area contributed by atoms with Gasteiger partial charge in [0.2, 0.25) is 6.79 Å². The van der Waals surface area contributed by atoms with Crippen molar-refractivity contribution in [2.75, 3.05) is 6.79 Å². The van der Waals surface area contributed by atoms with Crippen molar-refractivity contribution in [3.8, 4) is 22.6 Å². The van der Waals surface area contributed by atoms with Gasteiger partial charge in [-0.05, 0) is 34.9 Å². The fourth-order valence-corrected chi connectivity index (χ4v) is 3.25. The quantitative estimate of drug-likeness (QED) is 0.408. The minimum atomic E-state index is 0.270. The van der Waals surface area contributed by atoms with Gasteiger partial charge in [0.1, 0.15) is 5.71 Å². The van der Waals surface area contributed by atoms with Crippen molar-refractivity contribution in [3.63, 3.8) is 0 Å². The number of hydrogen-bond donors (Lipinski definition) is 0. The number of nitrogens with zero attached hydrogens (tertiary/aromatic N) is 2. The van der Waals surface area contributed by atoms with E-state index in [-0.39, 0.29) is 6.79 Å². The fraction of sp³-hybridized carbons (Fsp3) is 0.0476. The molecule has 3 aromatic carbocycles. The molecule has 3 aromatic rings. The minimum absolute atomic E-state index is 0.270. The highest BCUT2D eigenvalue weighted by atomic mass is 16.7. The van der Waals surface area contributed by atoms with Crippen LogP contribution in [0.4, 0.5) is 0 Å². The van der Waals surface area contributed by atoms with Crippen LogP contribution >= 0.6 is 0 Å². The zero-order valence-electron chi connectivity index (χ0n) is 13.3. The number of hydrogen-bond acceptors (Lipinski definition) is 4. The number of benzene rings is 3. The van der Waals surface area contributed by atoms with E-state index < -0.39 is 0 Å². The summed E-state index contributed by atoms with van der Waals surface area (Å²) in [5.41, 5.74) is 6.47. The maximum atomic E-state index is 5.39. The molecule has 120 valence electrons. The second-order valence-corrected chi connectivity index (χ2v) is 5.90. The Kier molecular flexibility index (Phi) is 3.13. The molecule has 0 N–H and O–H groups in total. The van der Waals surface area contributed by atoms with Crippen molar-refractivity contribution in [3.05, 3.63) is 83.4 Å². The van der Waals surface area contributed by atoms with Crippen LogP contribution < -0.4 is 9.47 Å². The second-order valence-electron chi connectivity index (χ2n) is 5.90. The lowest BCUT2D eigenvalue weighted by Gasteiger charge is -1.99. The van der Waals surface area contributed by atoms with E-state index >= 15 is 0 Å². The van der Waals surface area contributed by atoms with Gasteiger partial charge in [0.15, 0.2) is 11.5 Å². The van der Waals surface area contributed by atoms with Gasteiger partial charge in [0.05, 0.1) is 6.21 Å². The second kappa shape index (κ2) is 5.60. The first-order chi connectivity index (χ1) is 12.4. The lowest BCUT2D eigenvalue weighted by atomic mass is 10.1. The topological polar surface area (TPSA) is 43.2 Å². The fourth-order valence-electron chi connectivity index (χ4n) is 3.25. The molecule has 1 aliphatic carbocycles. The van der Waals surface area contributed by atoms with Gasteiger partial charge in [-0.1, -0.05) is 48.5 Å². The molecule has 0 spiro atoms. The first-order valence-electron chi connectivity index (χ1n) is 8.10. The van der Waals surface area contributed by atoms with E-state index in [0.29, 0.717) is 0 Å². The van der Waals surface area contributed by atoms with Gasteiger partial charge in [-0.25, -0.2) is 0 Å². The molecule has 0 bridgehead atoms. The predicted octanol–water partition coefficient (Wildman–Crippen LogP) is 4.27. The van der Waals surface area contributed by atoms with Crippen LogP contribution in [0.5, 0.6) is 11.5 Å². The zero-order valence-corrected chi connectivity index (χ0v) is 13.3. The Morgan fingerprint density at radius 3 is 2.08 bits per heavy atom. The monoisotopic (exact) mass is 326 g/mol. The smallest absolute Gasteiger partial charge is 0.231 e. The van der Waals surface area contributed by atoms with Crippen molar-refractivity contribution < 1.29 is 9.47 Å². The average molecular weight is 326 g/mol. The first-order valence-corrected chi connectivity index (χ1v) is 8.10. The molecule has 0 unspecified atom stereocenters. The highest BCUT2D eigenvalue weighted by Gasteiger charge is 2.23. The summed E-state index contributed by atoms with van der Waals surface area (Å²) in [5, 5.41) is 8.82. The minimum Gasteiger partial charge on any atom is -0.454 e. The van der Waals surface area contributed by atoms with Gasteiger partial charge in [0, 0.05) is 11.1 Å². The molecule has 4 heteroatoms. The summed E-state index contributed by atoms with van der Waals surface area (Å²) in [5.74, 6) is 1.51. The molecule has 0 fully saturated rings. The molecule has 25 heavy (non-hydrogen) atoms. The maximum Gasteiger partial charge on any atom is 0.231 e. The van der Waals surface area contributed by atoms with Gasteiger partial charge in [-0.15, -0.1) is 5.10 Å².